The smallest absolute Gasteiger partial charge is 0.185 e. The maximum Gasteiger partial charge on any atom is 0.185 e. The molecule has 0 N–H and O–H groups in total. The van der Waals surface area contributed by atoms with Crippen molar-refractivity contribution in [2.45, 2.75) is 13.1 Å². The third-order valence-corrected chi connectivity index (χ3v) is 3.49. The van der Waals surface area contributed by atoms with E-state index < -0.39 is 0 Å². The molecule has 0 aliphatic carbocycles. The van der Waals surface area contributed by atoms with Gasteiger partial charge in [0.05, 0.1) is 10.9 Å². The number of halogens is 1. The lowest BCUT2D eigenvalue weighted by molar-refractivity contribution is 0.109. The number of thiophene rings is 1. The largest absolute Gasteiger partial charge is 0.457 e. The average molecular weight is 270 g/mol. The van der Waals surface area contributed by atoms with Crippen LogP contribution in [0.1, 0.15) is 21.2 Å². The number of hydrogen-bond donors (Lipinski definition) is 0. The normalized spacial score (nSPS) is 11.0. The molecule has 0 fully saturated rings. The Balaban J connectivity index is 1.92. The minimum atomic E-state index is 0.368. The van der Waals surface area contributed by atoms with E-state index in [1.165, 1.54) is 4.88 Å². The number of nitrogens with zero attached hydrogens (tertiary/aromatic N) is 1. The number of carbonyl (C=O) groups excluding carboxylic acids is 1. The van der Waals surface area contributed by atoms with Gasteiger partial charge in [-0.15, -0.1) is 11.3 Å². The third-order valence-electron chi connectivity index (χ3n) is 2.28. The maximum absolute atomic E-state index is 10.5. The molecule has 3 nitrogen and oxygen atoms in total. The van der Waals surface area contributed by atoms with Gasteiger partial charge in [0, 0.05) is 11.4 Å². The summed E-state index contributed by atoms with van der Waals surface area (Å²) >= 11 is 7.44. The van der Waals surface area contributed by atoms with E-state index in [0.29, 0.717) is 18.6 Å². The van der Waals surface area contributed by atoms with Crippen molar-refractivity contribution >= 4 is 29.2 Å². The van der Waals surface area contributed by atoms with Gasteiger partial charge in [0.15, 0.2) is 12.0 Å². The zero-order valence-electron chi connectivity index (χ0n) is 9.35. The van der Waals surface area contributed by atoms with Gasteiger partial charge in [-0.25, -0.2) is 0 Å². The summed E-state index contributed by atoms with van der Waals surface area (Å²) in [6.07, 6.45) is 0.711. The second-order valence-electron chi connectivity index (χ2n) is 3.80. The van der Waals surface area contributed by atoms with Crippen LogP contribution >= 0.6 is 22.9 Å². The van der Waals surface area contributed by atoms with Crippen molar-refractivity contribution in [3.63, 3.8) is 0 Å². The minimum Gasteiger partial charge on any atom is -0.457 e. The van der Waals surface area contributed by atoms with E-state index >= 15 is 0 Å². The van der Waals surface area contributed by atoms with E-state index in [2.05, 4.69) is 4.90 Å². The van der Waals surface area contributed by atoms with Crippen molar-refractivity contribution < 1.29 is 9.21 Å². The van der Waals surface area contributed by atoms with Gasteiger partial charge < -0.3 is 4.42 Å². The summed E-state index contributed by atoms with van der Waals surface area (Å²) in [6, 6.07) is 7.41. The lowest BCUT2D eigenvalue weighted by Gasteiger charge is -2.13. The van der Waals surface area contributed by atoms with Gasteiger partial charge in [0.2, 0.25) is 0 Å². The summed E-state index contributed by atoms with van der Waals surface area (Å²) in [7, 11) is 2.00. The second-order valence-corrected chi connectivity index (χ2v) is 5.60. The van der Waals surface area contributed by atoms with E-state index in [0.717, 1.165) is 16.6 Å². The van der Waals surface area contributed by atoms with Crippen LogP contribution in [0, 0.1) is 0 Å². The zero-order valence-corrected chi connectivity index (χ0v) is 10.9. The Morgan fingerprint density at radius 3 is 2.76 bits per heavy atom. The molecule has 0 spiro atoms. The summed E-state index contributed by atoms with van der Waals surface area (Å²) in [4.78, 5) is 13.8. The standard InChI is InChI=1S/C12H12ClNO2S/c1-14(7-11-4-5-12(13)17-11)6-9-2-3-10(8-15)16-9/h2-5,8H,6-7H2,1H3. The molecule has 0 atom stereocenters. The molecule has 2 rings (SSSR count). The van der Waals surface area contributed by atoms with Crippen LogP contribution in [0.2, 0.25) is 4.34 Å². The van der Waals surface area contributed by atoms with E-state index in [-0.39, 0.29) is 0 Å². The predicted molar refractivity (Wildman–Crippen MR) is 68.6 cm³/mol. The quantitative estimate of drug-likeness (QED) is 0.780. The first kappa shape index (κ1) is 12.4. The molecular weight excluding hydrogens is 258 g/mol. The van der Waals surface area contributed by atoms with E-state index in [1.54, 1.807) is 17.4 Å². The van der Waals surface area contributed by atoms with Crippen LogP contribution in [-0.4, -0.2) is 18.2 Å². The molecule has 0 saturated heterocycles. The summed E-state index contributed by atoms with van der Waals surface area (Å²) in [5, 5.41) is 0. The van der Waals surface area contributed by atoms with E-state index in [4.69, 9.17) is 16.0 Å². The number of rotatable bonds is 5. The molecule has 0 aliphatic rings. The maximum atomic E-state index is 10.5. The molecule has 2 heterocycles. The Morgan fingerprint density at radius 2 is 2.18 bits per heavy atom. The van der Waals surface area contributed by atoms with Crippen LogP contribution in [0.5, 0.6) is 0 Å². The summed E-state index contributed by atoms with van der Waals surface area (Å²) in [6.45, 7) is 1.48. The topological polar surface area (TPSA) is 33.5 Å². The SMILES string of the molecule is CN(Cc1ccc(C=O)o1)Cc1ccc(Cl)s1. The molecule has 0 unspecified atom stereocenters. The van der Waals surface area contributed by atoms with Crippen molar-refractivity contribution in [3.05, 3.63) is 45.0 Å². The lowest BCUT2D eigenvalue weighted by Crippen LogP contribution is -2.16. The molecular formula is C12H12ClNO2S. The van der Waals surface area contributed by atoms with Crippen molar-refractivity contribution in [1.82, 2.24) is 4.90 Å². The Kier molecular flexibility index (Phi) is 3.99. The molecule has 90 valence electrons. The van der Waals surface area contributed by atoms with Gasteiger partial charge in [0.1, 0.15) is 5.76 Å². The molecule has 0 saturated carbocycles. The van der Waals surface area contributed by atoms with Crippen LogP contribution in [0.15, 0.2) is 28.7 Å². The van der Waals surface area contributed by atoms with Crippen molar-refractivity contribution in [2.75, 3.05) is 7.05 Å². The average Bonchev–Trinajstić information content (AvgIpc) is 2.88. The Morgan fingerprint density at radius 1 is 1.35 bits per heavy atom. The molecule has 0 bridgehead atoms. The highest BCUT2D eigenvalue weighted by Crippen LogP contribution is 2.22. The van der Waals surface area contributed by atoms with Crippen LogP contribution in [-0.2, 0) is 13.1 Å². The molecule has 2 aromatic rings. The highest BCUT2D eigenvalue weighted by molar-refractivity contribution is 7.16. The monoisotopic (exact) mass is 269 g/mol. The number of furan rings is 1. The number of aldehydes is 1. The molecule has 0 aromatic carbocycles. The highest BCUT2D eigenvalue weighted by atomic mass is 35.5. The molecule has 5 heteroatoms. The highest BCUT2D eigenvalue weighted by Gasteiger charge is 2.07. The fraction of sp³-hybridized carbons (Fsp3) is 0.250. The van der Waals surface area contributed by atoms with Gasteiger partial charge in [-0.05, 0) is 31.3 Å². The predicted octanol–water partition coefficient (Wildman–Crippen LogP) is 3.44. The van der Waals surface area contributed by atoms with Crippen molar-refractivity contribution in [3.8, 4) is 0 Å². The fourth-order valence-corrected chi connectivity index (χ4v) is 2.74. The second kappa shape index (κ2) is 5.49. The Labute approximate surface area is 109 Å². The first-order valence-electron chi connectivity index (χ1n) is 5.14. The van der Waals surface area contributed by atoms with Crippen molar-refractivity contribution in [1.29, 1.82) is 0 Å². The molecule has 0 aliphatic heterocycles. The Hall–Kier alpha value is -1.10. The molecule has 2 aromatic heterocycles. The van der Waals surface area contributed by atoms with E-state index in [1.807, 2.05) is 25.2 Å². The Bertz CT molecular complexity index is 506. The van der Waals surface area contributed by atoms with Crippen LogP contribution in [0.3, 0.4) is 0 Å². The van der Waals surface area contributed by atoms with Crippen LogP contribution in [0.4, 0.5) is 0 Å². The molecule has 17 heavy (non-hydrogen) atoms. The van der Waals surface area contributed by atoms with Gasteiger partial charge in [-0.2, -0.15) is 0 Å². The first-order valence-corrected chi connectivity index (χ1v) is 6.33. The van der Waals surface area contributed by atoms with Crippen LogP contribution in [0.25, 0.3) is 0 Å². The minimum absolute atomic E-state index is 0.368. The summed E-state index contributed by atoms with van der Waals surface area (Å²) in [5.41, 5.74) is 0. The van der Waals surface area contributed by atoms with Gasteiger partial charge >= 0.3 is 0 Å². The molecule has 0 radical (unpaired) electrons. The van der Waals surface area contributed by atoms with Gasteiger partial charge in [-0.3, -0.25) is 9.69 Å². The third kappa shape index (κ3) is 3.43. The van der Waals surface area contributed by atoms with Gasteiger partial charge in [0.25, 0.3) is 0 Å². The summed E-state index contributed by atoms with van der Waals surface area (Å²) in [5.74, 6) is 1.16. The first-order chi connectivity index (χ1) is 8.17. The van der Waals surface area contributed by atoms with Gasteiger partial charge in [-0.1, -0.05) is 11.6 Å². The number of carbonyl (C=O) groups is 1. The van der Waals surface area contributed by atoms with E-state index in [9.17, 15) is 4.79 Å². The molecule has 0 amide bonds. The summed E-state index contributed by atoms with van der Waals surface area (Å²) < 4.78 is 6.11. The van der Waals surface area contributed by atoms with Crippen LogP contribution < -0.4 is 0 Å². The zero-order chi connectivity index (χ0) is 12.3. The lowest BCUT2D eigenvalue weighted by atomic mass is 10.4. The fourth-order valence-electron chi connectivity index (χ4n) is 1.57. The number of hydrogen-bond acceptors (Lipinski definition) is 4. The van der Waals surface area contributed by atoms with Crippen molar-refractivity contribution in [2.24, 2.45) is 0 Å².